The van der Waals surface area contributed by atoms with Crippen molar-refractivity contribution in [2.24, 2.45) is 0 Å². The van der Waals surface area contributed by atoms with Crippen molar-refractivity contribution >= 4 is 11.6 Å². The molecular formula is C18H21NO2. The average Bonchev–Trinajstić information content (AvgIpc) is 2.64. The Morgan fingerprint density at radius 2 is 1.62 bits per heavy atom. The van der Waals surface area contributed by atoms with E-state index in [0.717, 1.165) is 22.7 Å². The van der Waals surface area contributed by atoms with Crippen LogP contribution in [0, 0.1) is 0 Å². The smallest absolute Gasteiger partial charge is 0.224 e. The SMILES string of the molecule is CC(=O)N1Cc2ccccc2Oc2ccccc21.CCC. The first-order valence-corrected chi connectivity index (χ1v) is 7.30. The minimum atomic E-state index is 0.0164. The third-order valence-corrected chi connectivity index (χ3v) is 3.06. The van der Waals surface area contributed by atoms with Crippen molar-refractivity contribution in [3.05, 3.63) is 54.1 Å². The zero-order chi connectivity index (χ0) is 15.2. The van der Waals surface area contributed by atoms with Gasteiger partial charge in [-0.1, -0.05) is 50.6 Å². The second-order valence-corrected chi connectivity index (χ2v) is 4.99. The molecule has 0 saturated carbocycles. The molecule has 1 amide bonds. The Hall–Kier alpha value is -2.29. The molecule has 0 N–H and O–H groups in total. The number of nitrogens with zero attached hydrogens (tertiary/aromatic N) is 1. The number of hydrogen-bond donors (Lipinski definition) is 0. The summed E-state index contributed by atoms with van der Waals surface area (Å²) < 4.78 is 5.89. The Labute approximate surface area is 126 Å². The molecule has 21 heavy (non-hydrogen) atoms. The second-order valence-electron chi connectivity index (χ2n) is 4.99. The molecule has 0 fully saturated rings. The van der Waals surface area contributed by atoms with Crippen molar-refractivity contribution < 1.29 is 9.53 Å². The van der Waals surface area contributed by atoms with E-state index < -0.39 is 0 Å². The standard InChI is InChI=1S/C15H13NO2.C3H8/c1-11(17)16-10-12-6-2-4-8-14(12)18-15-9-5-3-7-13(15)16;1-3-2/h2-9H,10H2,1H3;3H2,1-2H3. The number of hydrogen-bond acceptors (Lipinski definition) is 2. The minimum Gasteiger partial charge on any atom is -0.455 e. The van der Waals surface area contributed by atoms with Gasteiger partial charge in [0, 0.05) is 12.5 Å². The first kappa shape index (κ1) is 15.1. The number of para-hydroxylation sites is 3. The second kappa shape index (κ2) is 6.93. The predicted octanol–water partition coefficient (Wildman–Crippen LogP) is 4.76. The Balaban J connectivity index is 0.000000497. The summed E-state index contributed by atoms with van der Waals surface area (Å²) in [5.74, 6) is 1.55. The molecule has 0 radical (unpaired) electrons. The Morgan fingerprint density at radius 1 is 1.05 bits per heavy atom. The van der Waals surface area contributed by atoms with Crippen LogP contribution in [0.4, 0.5) is 5.69 Å². The molecule has 0 saturated heterocycles. The molecule has 0 spiro atoms. The van der Waals surface area contributed by atoms with Crippen molar-refractivity contribution in [1.82, 2.24) is 0 Å². The summed E-state index contributed by atoms with van der Waals surface area (Å²) >= 11 is 0. The lowest BCUT2D eigenvalue weighted by Gasteiger charge is -2.19. The summed E-state index contributed by atoms with van der Waals surface area (Å²) in [4.78, 5) is 13.5. The highest BCUT2D eigenvalue weighted by Gasteiger charge is 2.22. The third-order valence-electron chi connectivity index (χ3n) is 3.06. The molecule has 1 aliphatic heterocycles. The number of carbonyl (C=O) groups excluding carboxylic acids is 1. The summed E-state index contributed by atoms with van der Waals surface area (Å²) in [6, 6.07) is 15.4. The van der Waals surface area contributed by atoms with E-state index >= 15 is 0 Å². The minimum absolute atomic E-state index is 0.0164. The van der Waals surface area contributed by atoms with Crippen LogP contribution in [-0.4, -0.2) is 5.91 Å². The Morgan fingerprint density at radius 3 is 2.29 bits per heavy atom. The fourth-order valence-electron chi connectivity index (χ4n) is 2.16. The number of anilines is 1. The molecule has 1 heterocycles. The van der Waals surface area contributed by atoms with Gasteiger partial charge in [-0.3, -0.25) is 4.79 Å². The molecule has 110 valence electrons. The molecule has 2 aromatic rings. The molecular weight excluding hydrogens is 262 g/mol. The van der Waals surface area contributed by atoms with Crippen molar-refractivity contribution in [2.45, 2.75) is 33.7 Å². The lowest BCUT2D eigenvalue weighted by atomic mass is 10.2. The topological polar surface area (TPSA) is 29.5 Å². The van der Waals surface area contributed by atoms with Crippen molar-refractivity contribution in [3.63, 3.8) is 0 Å². The maximum absolute atomic E-state index is 11.8. The summed E-state index contributed by atoms with van der Waals surface area (Å²) in [7, 11) is 0. The number of fused-ring (bicyclic) bond motifs is 2. The van der Waals surface area contributed by atoms with Gasteiger partial charge in [-0.15, -0.1) is 0 Å². The van der Waals surface area contributed by atoms with Gasteiger partial charge >= 0.3 is 0 Å². The Kier molecular flexibility index (Phi) is 4.99. The summed E-state index contributed by atoms with van der Waals surface area (Å²) in [5.41, 5.74) is 1.84. The van der Waals surface area contributed by atoms with Gasteiger partial charge in [0.25, 0.3) is 0 Å². The maximum Gasteiger partial charge on any atom is 0.224 e. The number of ether oxygens (including phenoxy) is 1. The van der Waals surface area contributed by atoms with Gasteiger partial charge in [-0.2, -0.15) is 0 Å². The fourth-order valence-corrected chi connectivity index (χ4v) is 2.16. The van der Waals surface area contributed by atoms with Gasteiger partial charge in [0.05, 0.1) is 12.2 Å². The van der Waals surface area contributed by atoms with Crippen molar-refractivity contribution in [1.29, 1.82) is 0 Å². The van der Waals surface area contributed by atoms with Crippen LogP contribution in [-0.2, 0) is 11.3 Å². The lowest BCUT2D eigenvalue weighted by Crippen LogP contribution is -2.27. The van der Waals surface area contributed by atoms with Crippen LogP contribution < -0.4 is 9.64 Å². The first-order chi connectivity index (χ1) is 10.2. The third kappa shape index (κ3) is 3.43. The Bertz CT molecular complexity index is 622. The molecule has 1 aliphatic rings. The summed E-state index contributed by atoms with van der Waals surface area (Å²) in [5, 5.41) is 0. The monoisotopic (exact) mass is 283 g/mol. The van der Waals surface area contributed by atoms with Gasteiger partial charge in [-0.05, 0) is 18.2 Å². The highest BCUT2D eigenvalue weighted by molar-refractivity contribution is 5.93. The molecule has 0 aromatic heterocycles. The van der Waals surface area contributed by atoms with E-state index in [-0.39, 0.29) is 5.91 Å². The molecule has 0 atom stereocenters. The van der Waals surface area contributed by atoms with Gasteiger partial charge in [0.15, 0.2) is 5.75 Å². The van der Waals surface area contributed by atoms with Crippen LogP contribution in [0.15, 0.2) is 48.5 Å². The summed E-state index contributed by atoms with van der Waals surface area (Å²) in [6.45, 7) is 6.37. The van der Waals surface area contributed by atoms with Gasteiger partial charge in [0.2, 0.25) is 5.91 Å². The van der Waals surface area contributed by atoms with Crippen LogP contribution >= 0.6 is 0 Å². The van der Waals surface area contributed by atoms with E-state index in [9.17, 15) is 4.79 Å². The number of carbonyl (C=O) groups is 1. The van der Waals surface area contributed by atoms with E-state index in [2.05, 4.69) is 13.8 Å². The van der Waals surface area contributed by atoms with E-state index in [1.807, 2.05) is 48.5 Å². The van der Waals surface area contributed by atoms with Crippen molar-refractivity contribution in [2.75, 3.05) is 4.90 Å². The van der Waals surface area contributed by atoms with E-state index in [1.54, 1.807) is 11.8 Å². The van der Waals surface area contributed by atoms with E-state index in [1.165, 1.54) is 6.42 Å². The van der Waals surface area contributed by atoms with Crippen LogP contribution in [0.1, 0.15) is 32.8 Å². The average molecular weight is 283 g/mol. The zero-order valence-electron chi connectivity index (χ0n) is 12.8. The largest absolute Gasteiger partial charge is 0.455 e. The highest BCUT2D eigenvalue weighted by atomic mass is 16.5. The quantitative estimate of drug-likeness (QED) is 0.697. The van der Waals surface area contributed by atoms with Crippen LogP contribution in [0.3, 0.4) is 0 Å². The number of benzene rings is 2. The van der Waals surface area contributed by atoms with Crippen LogP contribution in [0.2, 0.25) is 0 Å². The molecule has 2 aromatic carbocycles. The van der Waals surface area contributed by atoms with E-state index in [4.69, 9.17) is 4.74 Å². The fraction of sp³-hybridized carbons (Fsp3) is 0.278. The van der Waals surface area contributed by atoms with Crippen molar-refractivity contribution in [3.8, 4) is 11.5 Å². The van der Waals surface area contributed by atoms with Gasteiger partial charge in [0.1, 0.15) is 5.75 Å². The normalized spacial score (nSPS) is 12.0. The van der Waals surface area contributed by atoms with Crippen LogP contribution in [0.5, 0.6) is 11.5 Å². The lowest BCUT2D eigenvalue weighted by molar-refractivity contribution is -0.116. The van der Waals surface area contributed by atoms with Crippen LogP contribution in [0.25, 0.3) is 0 Å². The molecule has 3 nitrogen and oxygen atoms in total. The number of amides is 1. The van der Waals surface area contributed by atoms with Gasteiger partial charge < -0.3 is 9.64 Å². The number of rotatable bonds is 0. The highest BCUT2D eigenvalue weighted by Crippen LogP contribution is 2.38. The maximum atomic E-state index is 11.8. The molecule has 3 heteroatoms. The molecule has 3 rings (SSSR count). The summed E-state index contributed by atoms with van der Waals surface area (Å²) in [6.07, 6.45) is 1.25. The molecule has 0 bridgehead atoms. The van der Waals surface area contributed by atoms with E-state index in [0.29, 0.717) is 6.54 Å². The molecule has 0 aliphatic carbocycles. The van der Waals surface area contributed by atoms with Gasteiger partial charge in [-0.25, -0.2) is 0 Å². The predicted molar refractivity (Wildman–Crippen MR) is 85.8 cm³/mol. The zero-order valence-corrected chi connectivity index (χ0v) is 12.8. The first-order valence-electron chi connectivity index (χ1n) is 7.30. The molecule has 0 unspecified atom stereocenters.